The lowest BCUT2D eigenvalue weighted by Crippen LogP contribution is -2.36. The Labute approximate surface area is 145 Å². The molecule has 0 aromatic heterocycles. The normalized spacial score (nSPS) is 11.4. The zero-order chi connectivity index (χ0) is 17.4. The van der Waals surface area contributed by atoms with Crippen LogP contribution in [0.2, 0.25) is 0 Å². The molecule has 0 aliphatic rings. The van der Waals surface area contributed by atoms with Crippen LogP contribution >= 0.6 is 11.8 Å². The monoisotopic (exact) mass is 349 g/mol. The summed E-state index contributed by atoms with van der Waals surface area (Å²) in [6.45, 7) is 1.01. The number of hydrogen-bond acceptors (Lipinski definition) is 2. The number of aliphatic imine (C=N–C) groups is 1. The van der Waals surface area contributed by atoms with Crippen molar-refractivity contribution in [3.05, 3.63) is 70.8 Å². The summed E-state index contributed by atoms with van der Waals surface area (Å²) in [4.78, 5) is 4.16. The summed E-state index contributed by atoms with van der Waals surface area (Å²) < 4.78 is 26.6. The van der Waals surface area contributed by atoms with Crippen molar-refractivity contribution in [3.8, 4) is 0 Å². The summed E-state index contributed by atoms with van der Waals surface area (Å²) in [5, 5.41) is 6.34. The zero-order valence-corrected chi connectivity index (χ0v) is 14.6. The maximum atomic E-state index is 13.4. The van der Waals surface area contributed by atoms with Gasteiger partial charge in [-0.15, -0.1) is 0 Å². The number of nitrogens with zero attached hydrogens (tertiary/aromatic N) is 1. The van der Waals surface area contributed by atoms with Crippen molar-refractivity contribution in [1.29, 1.82) is 0 Å². The quantitative estimate of drug-likeness (QED) is 0.617. The van der Waals surface area contributed by atoms with Gasteiger partial charge >= 0.3 is 0 Å². The molecule has 0 bridgehead atoms. The number of halogens is 2. The van der Waals surface area contributed by atoms with Gasteiger partial charge < -0.3 is 10.6 Å². The fourth-order valence-electron chi connectivity index (χ4n) is 2.29. The first-order valence-electron chi connectivity index (χ1n) is 7.57. The van der Waals surface area contributed by atoms with Crippen LogP contribution in [0.25, 0.3) is 0 Å². The molecule has 2 N–H and O–H groups in total. The molecule has 0 fully saturated rings. The molecule has 0 radical (unpaired) electrons. The summed E-state index contributed by atoms with van der Waals surface area (Å²) >= 11 is 1.65. The minimum Gasteiger partial charge on any atom is -0.352 e. The molecule has 0 spiro atoms. The second-order valence-corrected chi connectivity index (χ2v) is 6.12. The minimum absolute atomic E-state index is 0.226. The van der Waals surface area contributed by atoms with Crippen LogP contribution < -0.4 is 10.6 Å². The van der Waals surface area contributed by atoms with Gasteiger partial charge in [0.05, 0.1) is 0 Å². The average Bonchev–Trinajstić information content (AvgIpc) is 2.57. The van der Waals surface area contributed by atoms with E-state index in [4.69, 9.17) is 0 Å². The number of benzene rings is 2. The summed E-state index contributed by atoms with van der Waals surface area (Å²) in [7, 11) is 1.67. The maximum absolute atomic E-state index is 13.4. The van der Waals surface area contributed by atoms with Crippen molar-refractivity contribution in [2.24, 2.45) is 4.99 Å². The topological polar surface area (TPSA) is 36.4 Å². The molecule has 24 heavy (non-hydrogen) atoms. The van der Waals surface area contributed by atoms with E-state index in [2.05, 4.69) is 15.6 Å². The van der Waals surface area contributed by atoms with Crippen LogP contribution in [0.5, 0.6) is 0 Å². The highest BCUT2D eigenvalue weighted by Crippen LogP contribution is 2.16. The highest BCUT2D eigenvalue weighted by molar-refractivity contribution is 7.97. The van der Waals surface area contributed by atoms with Crippen LogP contribution in [0.15, 0.2) is 47.5 Å². The fourth-order valence-corrected chi connectivity index (χ4v) is 2.87. The van der Waals surface area contributed by atoms with Crippen LogP contribution in [0.1, 0.15) is 16.7 Å². The number of nitrogens with one attached hydrogen (secondary N) is 2. The third kappa shape index (κ3) is 5.53. The number of guanidine groups is 1. The van der Waals surface area contributed by atoms with E-state index in [1.54, 1.807) is 37.0 Å². The molecule has 3 nitrogen and oxygen atoms in total. The zero-order valence-electron chi connectivity index (χ0n) is 13.8. The van der Waals surface area contributed by atoms with E-state index in [0.29, 0.717) is 19.0 Å². The maximum Gasteiger partial charge on any atom is 0.191 e. The Morgan fingerprint density at radius 2 is 1.75 bits per heavy atom. The predicted molar refractivity (Wildman–Crippen MR) is 97.1 cm³/mol. The summed E-state index contributed by atoms with van der Waals surface area (Å²) in [6.07, 6.45) is 1.99. The second kappa shape index (κ2) is 9.27. The summed E-state index contributed by atoms with van der Waals surface area (Å²) in [5.74, 6) is 0.879. The molecule has 2 aromatic carbocycles. The Morgan fingerprint density at radius 3 is 2.46 bits per heavy atom. The minimum atomic E-state index is -0.259. The van der Waals surface area contributed by atoms with Crippen molar-refractivity contribution in [1.82, 2.24) is 10.6 Å². The first kappa shape index (κ1) is 18.3. The molecule has 0 aliphatic carbocycles. The van der Waals surface area contributed by atoms with Gasteiger partial charge in [0.1, 0.15) is 11.6 Å². The molecule has 0 saturated heterocycles. The molecule has 0 aliphatic heterocycles. The van der Waals surface area contributed by atoms with Gasteiger partial charge in [-0.05, 0) is 47.2 Å². The standard InChI is InChI=1S/C18H21F2N3S/c1-21-18(22-10-13-4-3-5-16(19)8-13)23-11-14-6-7-17(20)9-15(14)12-24-2/h3-9H,10-12H2,1-2H3,(H2,21,22,23). The average molecular weight is 349 g/mol. The van der Waals surface area contributed by atoms with Gasteiger partial charge in [-0.2, -0.15) is 11.8 Å². The van der Waals surface area contributed by atoms with Gasteiger partial charge in [-0.1, -0.05) is 18.2 Å². The highest BCUT2D eigenvalue weighted by atomic mass is 32.2. The van der Waals surface area contributed by atoms with E-state index in [9.17, 15) is 8.78 Å². The van der Waals surface area contributed by atoms with Gasteiger partial charge in [0.2, 0.25) is 0 Å². The van der Waals surface area contributed by atoms with Crippen molar-refractivity contribution in [2.75, 3.05) is 13.3 Å². The molecule has 0 saturated carbocycles. The Kier molecular flexibility index (Phi) is 7.06. The largest absolute Gasteiger partial charge is 0.352 e. The lowest BCUT2D eigenvalue weighted by atomic mass is 10.1. The van der Waals surface area contributed by atoms with Crippen molar-refractivity contribution in [2.45, 2.75) is 18.8 Å². The van der Waals surface area contributed by atoms with Crippen molar-refractivity contribution < 1.29 is 8.78 Å². The van der Waals surface area contributed by atoms with Crippen molar-refractivity contribution >= 4 is 17.7 Å². The first-order valence-corrected chi connectivity index (χ1v) is 8.97. The third-order valence-electron chi connectivity index (χ3n) is 3.49. The van der Waals surface area contributed by atoms with Crippen LogP contribution in [0.3, 0.4) is 0 Å². The first-order chi connectivity index (χ1) is 11.6. The number of rotatable bonds is 6. The molecule has 0 unspecified atom stereocenters. The lowest BCUT2D eigenvalue weighted by molar-refractivity contribution is 0.623. The second-order valence-electron chi connectivity index (χ2n) is 5.26. The molecular formula is C18H21F2N3S. The van der Waals surface area contributed by atoms with E-state index in [-0.39, 0.29) is 11.6 Å². The fraction of sp³-hybridized carbons (Fsp3) is 0.278. The molecule has 0 atom stereocenters. The Morgan fingerprint density at radius 1 is 1.00 bits per heavy atom. The molecule has 128 valence electrons. The van der Waals surface area contributed by atoms with Gasteiger partial charge in [-0.25, -0.2) is 8.78 Å². The van der Waals surface area contributed by atoms with Gasteiger partial charge in [0.25, 0.3) is 0 Å². The van der Waals surface area contributed by atoms with Gasteiger partial charge in [-0.3, -0.25) is 4.99 Å². The van der Waals surface area contributed by atoms with Gasteiger partial charge in [0, 0.05) is 25.9 Å². The Bertz CT molecular complexity index is 704. The molecule has 0 heterocycles. The molecular weight excluding hydrogens is 328 g/mol. The Hall–Kier alpha value is -2.08. The van der Waals surface area contributed by atoms with Crippen LogP contribution in [-0.4, -0.2) is 19.3 Å². The van der Waals surface area contributed by atoms with Crippen molar-refractivity contribution in [3.63, 3.8) is 0 Å². The molecule has 0 amide bonds. The van der Waals surface area contributed by atoms with Gasteiger partial charge in [0.15, 0.2) is 5.96 Å². The SMILES string of the molecule is CN=C(NCc1cccc(F)c1)NCc1ccc(F)cc1CSC. The van der Waals surface area contributed by atoms with E-state index < -0.39 is 0 Å². The van der Waals surface area contributed by atoms with Crippen LogP contribution in [0.4, 0.5) is 8.78 Å². The lowest BCUT2D eigenvalue weighted by Gasteiger charge is -2.14. The van der Waals surface area contributed by atoms with E-state index >= 15 is 0 Å². The predicted octanol–water partition coefficient (Wildman–Crippen LogP) is 3.69. The molecule has 6 heteroatoms. The molecule has 2 rings (SSSR count). The summed E-state index contributed by atoms with van der Waals surface area (Å²) in [6, 6.07) is 11.2. The number of thioether (sulfide) groups is 1. The van der Waals surface area contributed by atoms with E-state index in [1.165, 1.54) is 18.2 Å². The summed E-state index contributed by atoms with van der Waals surface area (Å²) in [5.41, 5.74) is 2.83. The van der Waals surface area contributed by atoms with E-state index in [1.807, 2.05) is 12.3 Å². The van der Waals surface area contributed by atoms with E-state index in [0.717, 1.165) is 22.4 Å². The van der Waals surface area contributed by atoms with Crippen LogP contribution in [-0.2, 0) is 18.8 Å². The smallest absolute Gasteiger partial charge is 0.191 e. The van der Waals surface area contributed by atoms with Crippen LogP contribution in [0, 0.1) is 11.6 Å². The Balaban J connectivity index is 1.94. The third-order valence-corrected chi connectivity index (χ3v) is 4.09. The number of hydrogen-bond donors (Lipinski definition) is 2. The highest BCUT2D eigenvalue weighted by Gasteiger charge is 2.06. The molecule has 2 aromatic rings.